The number of ether oxygens (including phenoxy) is 1. The number of carbonyl (C=O) groups is 1. The summed E-state index contributed by atoms with van der Waals surface area (Å²) in [6, 6.07) is 7.21. The fraction of sp³-hybridized carbons (Fsp3) is 0.474. The summed E-state index contributed by atoms with van der Waals surface area (Å²) >= 11 is 0. The zero-order valence-electron chi connectivity index (χ0n) is 15.3. The Kier molecular flexibility index (Phi) is 6.44. The highest BCUT2D eigenvalue weighted by atomic mass is 16.5. The van der Waals surface area contributed by atoms with Crippen LogP contribution in [0.15, 0.2) is 36.8 Å². The van der Waals surface area contributed by atoms with Gasteiger partial charge in [-0.15, -0.1) is 0 Å². The van der Waals surface area contributed by atoms with Crippen LogP contribution in [0.25, 0.3) is 11.3 Å². The second kappa shape index (κ2) is 8.98. The molecule has 0 radical (unpaired) electrons. The van der Waals surface area contributed by atoms with Crippen molar-refractivity contribution in [3.63, 3.8) is 0 Å². The number of imidazole rings is 1. The quantitative estimate of drug-likeness (QED) is 0.555. The number of nitrogens with one attached hydrogen (secondary N) is 2. The number of aromatic nitrogens is 2. The van der Waals surface area contributed by atoms with Crippen molar-refractivity contribution in [2.24, 2.45) is 0 Å². The molecule has 1 aromatic heterocycles. The van der Waals surface area contributed by atoms with Crippen molar-refractivity contribution in [2.45, 2.75) is 44.6 Å². The van der Waals surface area contributed by atoms with E-state index < -0.39 is 12.2 Å². The zero-order chi connectivity index (χ0) is 19.2. The maximum absolute atomic E-state index is 11.9. The minimum Gasteiger partial charge on any atom is -0.394 e. The number of rotatable bonds is 7. The van der Waals surface area contributed by atoms with Gasteiger partial charge in [0.05, 0.1) is 24.7 Å². The summed E-state index contributed by atoms with van der Waals surface area (Å²) in [6.45, 7) is 2.51. The van der Waals surface area contributed by atoms with Crippen LogP contribution >= 0.6 is 0 Å². The van der Waals surface area contributed by atoms with Crippen LogP contribution in [0, 0.1) is 0 Å². The van der Waals surface area contributed by atoms with E-state index in [0.717, 1.165) is 24.1 Å². The van der Waals surface area contributed by atoms with Crippen LogP contribution in [0.2, 0.25) is 0 Å². The zero-order valence-corrected chi connectivity index (χ0v) is 15.3. The molecule has 0 unspecified atom stereocenters. The van der Waals surface area contributed by atoms with E-state index in [1.165, 1.54) is 0 Å². The number of amides is 2. The third kappa shape index (κ3) is 4.85. The normalized spacial score (nSPS) is 22.0. The Morgan fingerprint density at radius 1 is 1.44 bits per heavy atom. The van der Waals surface area contributed by atoms with Gasteiger partial charge in [0.25, 0.3) is 0 Å². The van der Waals surface area contributed by atoms with Gasteiger partial charge < -0.3 is 30.2 Å². The van der Waals surface area contributed by atoms with Crippen LogP contribution in [0.5, 0.6) is 0 Å². The van der Waals surface area contributed by atoms with Crippen LogP contribution in [0.1, 0.15) is 32.4 Å². The summed E-state index contributed by atoms with van der Waals surface area (Å²) in [5, 5.41) is 24.7. The summed E-state index contributed by atoms with van der Waals surface area (Å²) in [6.07, 6.45) is 4.23. The molecule has 2 aromatic rings. The summed E-state index contributed by atoms with van der Waals surface area (Å²) in [5.74, 6) is 0. The van der Waals surface area contributed by atoms with Gasteiger partial charge in [-0.1, -0.05) is 25.5 Å². The molecule has 4 N–H and O–H groups in total. The molecule has 0 spiro atoms. The van der Waals surface area contributed by atoms with Crippen molar-refractivity contribution in [3.05, 3.63) is 36.8 Å². The molecular weight excluding hydrogens is 348 g/mol. The number of nitrogens with zero attached hydrogens (tertiary/aromatic N) is 2. The smallest absolute Gasteiger partial charge is 0.319 e. The second-order valence-corrected chi connectivity index (χ2v) is 6.64. The molecule has 0 aliphatic carbocycles. The van der Waals surface area contributed by atoms with Crippen molar-refractivity contribution in [1.29, 1.82) is 0 Å². The highest BCUT2D eigenvalue weighted by Gasteiger charge is 2.34. The second-order valence-electron chi connectivity index (χ2n) is 6.64. The monoisotopic (exact) mass is 374 g/mol. The molecule has 3 atom stereocenters. The number of hydrogen-bond donors (Lipinski definition) is 4. The number of anilines is 1. The lowest BCUT2D eigenvalue weighted by atomic mass is 10.1. The van der Waals surface area contributed by atoms with Gasteiger partial charge in [-0.25, -0.2) is 9.78 Å². The Hall–Kier alpha value is -2.42. The van der Waals surface area contributed by atoms with Crippen LogP contribution in [-0.2, 0) is 4.74 Å². The average Bonchev–Trinajstić information content (AvgIpc) is 3.28. The fourth-order valence-corrected chi connectivity index (χ4v) is 3.02. The predicted octanol–water partition coefficient (Wildman–Crippen LogP) is 2.11. The molecule has 1 aromatic carbocycles. The molecule has 8 heteroatoms. The standard InChI is InChI=1S/C19H26N4O4/c1-2-3-7-20-19(26)22-14-6-4-5-13(8-14)15-10-23(12-21-15)18-9-16(25)17(11-24)27-18/h4-6,8,10,12,16-18,24-25H,2-3,7,9,11H2,1H3,(H2,20,22,26)/t16-,17+,18-/m0/s1. The highest BCUT2D eigenvalue weighted by molar-refractivity contribution is 5.89. The fourth-order valence-electron chi connectivity index (χ4n) is 3.02. The van der Waals surface area contributed by atoms with Crippen LogP contribution in [-0.4, -0.2) is 51.2 Å². The first kappa shape index (κ1) is 19.3. The lowest BCUT2D eigenvalue weighted by Gasteiger charge is -2.12. The number of aliphatic hydroxyl groups is 2. The first-order valence-electron chi connectivity index (χ1n) is 9.24. The van der Waals surface area contributed by atoms with Gasteiger partial charge in [0, 0.05) is 30.4 Å². The largest absolute Gasteiger partial charge is 0.394 e. The number of carbonyl (C=O) groups excluding carboxylic acids is 1. The van der Waals surface area contributed by atoms with Gasteiger partial charge in [-0.3, -0.25) is 0 Å². The Balaban J connectivity index is 1.65. The maximum Gasteiger partial charge on any atom is 0.319 e. The van der Waals surface area contributed by atoms with Crippen LogP contribution < -0.4 is 10.6 Å². The van der Waals surface area contributed by atoms with Crippen LogP contribution in [0.4, 0.5) is 10.5 Å². The first-order valence-corrected chi connectivity index (χ1v) is 9.24. The molecule has 146 valence electrons. The number of benzene rings is 1. The number of unbranched alkanes of at least 4 members (excludes halogenated alkanes) is 1. The van der Waals surface area contributed by atoms with E-state index in [0.29, 0.717) is 18.7 Å². The van der Waals surface area contributed by atoms with E-state index in [2.05, 4.69) is 22.5 Å². The van der Waals surface area contributed by atoms with Crippen molar-refractivity contribution >= 4 is 11.7 Å². The number of urea groups is 1. The Bertz CT molecular complexity index is 764. The third-order valence-corrected chi connectivity index (χ3v) is 4.55. The van der Waals surface area contributed by atoms with Crippen molar-refractivity contribution in [2.75, 3.05) is 18.5 Å². The van der Waals surface area contributed by atoms with Crippen molar-refractivity contribution in [1.82, 2.24) is 14.9 Å². The Morgan fingerprint density at radius 3 is 3.04 bits per heavy atom. The Labute approximate surface area is 158 Å². The van der Waals surface area contributed by atoms with Crippen LogP contribution in [0.3, 0.4) is 0 Å². The van der Waals surface area contributed by atoms with Gasteiger partial charge in [-0.2, -0.15) is 0 Å². The van der Waals surface area contributed by atoms with Gasteiger partial charge in [0.1, 0.15) is 12.3 Å². The average molecular weight is 374 g/mol. The van der Waals surface area contributed by atoms with Gasteiger partial charge in [0.15, 0.2) is 0 Å². The predicted molar refractivity (Wildman–Crippen MR) is 101 cm³/mol. The summed E-state index contributed by atoms with van der Waals surface area (Å²) in [4.78, 5) is 16.3. The molecule has 3 rings (SSSR count). The van der Waals surface area contributed by atoms with E-state index >= 15 is 0 Å². The van der Waals surface area contributed by atoms with E-state index in [9.17, 15) is 15.0 Å². The van der Waals surface area contributed by atoms with Gasteiger partial charge >= 0.3 is 6.03 Å². The van der Waals surface area contributed by atoms with E-state index in [1.807, 2.05) is 30.5 Å². The molecule has 1 aliphatic heterocycles. The molecule has 2 heterocycles. The molecule has 0 bridgehead atoms. The summed E-state index contributed by atoms with van der Waals surface area (Å²) in [7, 11) is 0. The van der Waals surface area contributed by atoms with Crippen molar-refractivity contribution < 1.29 is 19.7 Å². The summed E-state index contributed by atoms with van der Waals surface area (Å²) in [5.41, 5.74) is 2.27. The lowest BCUT2D eigenvalue weighted by molar-refractivity contribution is -0.0443. The number of hydrogen-bond acceptors (Lipinski definition) is 5. The molecular formula is C19H26N4O4. The molecule has 0 saturated carbocycles. The molecule has 1 fully saturated rings. The maximum atomic E-state index is 11.9. The summed E-state index contributed by atoms with van der Waals surface area (Å²) < 4.78 is 7.42. The molecule has 8 nitrogen and oxygen atoms in total. The third-order valence-electron chi connectivity index (χ3n) is 4.55. The Morgan fingerprint density at radius 2 is 2.30 bits per heavy atom. The SMILES string of the molecule is CCCCNC(=O)Nc1cccc(-c2cn([C@@H]3C[C@H](O)[C@@H](CO)O3)cn2)c1. The molecule has 2 amide bonds. The highest BCUT2D eigenvalue weighted by Crippen LogP contribution is 2.30. The van der Waals surface area contributed by atoms with Gasteiger partial charge in [-0.05, 0) is 18.6 Å². The van der Waals surface area contributed by atoms with Crippen molar-refractivity contribution in [3.8, 4) is 11.3 Å². The van der Waals surface area contributed by atoms with E-state index in [-0.39, 0.29) is 18.9 Å². The van der Waals surface area contributed by atoms with E-state index in [1.54, 1.807) is 10.9 Å². The molecule has 1 aliphatic rings. The van der Waals surface area contributed by atoms with E-state index in [4.69, 9.17) is 4.74 Å². The minimum absolute atomic E-state index is 0.215. The topological polar surface area (TPSA) is 109 Å². The molecule has 27 heavy (non-hydrogen) atoms. The lowest BCUT2D eigenvalue weighted by Crippen LogP contribution is -2.29. The minimum atomic E-state index is -0.690. The first-order chi connectivity index (χ1) is 13.1. The van der Waals surface area contributed by atoms with Gasteiger partial charge in [0.2, 0.25) is 0 Å². The molecule has 1 saturated heterocycles. The number of aliphatic hydroxyl groups excluding tert-OH is 2.